The van der Waals surface area contributed by atoms with Gasteiger partial charge in [-0.05, 0) is 28.1 Å². The first-order chi connectivity index (χ1) is 5.77. The van der Waals surface area contributed by atoms with Gasteiger partial charge in [0.25, 0.3) is 0 Å². The Morgan fingerprint density at radius 1 is 1.33 bits per heavy atom. The molecular formula is C8H5BrN2O. The monoisotopic (exact) mass is 224 g/mol. The van der Waals surface area contributed by atoms with Crippen molar-refractivity contribution in [2.75, 3.05) is 0 Å². The number of hydrogen-bond acceptors (Lipinski definition) is 2. The quantitative estimate of drug-likeness (QED) is 0.693. The Morgan fingerprint density at radius 3 is 3.00 bits per heavy atom. The number of hydrogen-bond donors (Lipinski definition) is 1. The van der Waals surface area contributed by atoms with Crippen molar-refractivity contribution in [1.82, 2.24) is 9.97 Å². The zero-order valence-corrected chi connectivity index (χ0v) is 7.63. The first-order valence-corrected chi connectivity index (χ1v) is 4.20. The van der Waals surface area contributed by atoms with Crippen LogP contribution >= 0.6 is 15.9 Å². The van der Waals surface area contributed by atoms with Crippen molar-refractivity contribution in [3.63, 3.8) is 0 Å². The summed E-state index contributed by atoms with van der Waals surface area (Å²) in [6, 6.07) is 4.97. The predicted molar refractivity (Wildman–Crippen MR) is 50.1 cm³/mol. The molecule has 2 aromatic rings. The number of nitrogens with one attached hydrogen (secondary N) is 1. The van der Waals surface area contributed by atoms with Crippen LogP contribution in [0.5, 0.6) is 0 Å². The van der Waals surface area contributed by atoms with Gasteiger partial charge in [0.15, 0.2) is 5.43 Å². The Bertz CT molecular complexity index is 478. The maximum atomic E-state index is 11.2. The number of fused-ring (bicyclic) bond motifs is 1. The van der Waals surface area contributed by atoms with Crippen LogP contribution in [0.4, 0.5) is 0 Å². The molecule has 2 rings (SSSR count). The van der Waals surface area contributed by atoms with E-state index in [0.717, 1.165) is 4.60 Å². The second-order valence-corrected chi connectivity index (χ2v) is 3.18. The van der Waals surface area contributed by atoms with Crippen LogP contribution < -0.4 is 5.43 Å². The smallest absolute Gasteiger partial charge is 0.191 e. The summed E-state index contributed by atoms with van der Waals surface area (Å²) in [7, 11) is 0. The van der Waals surface area contributed by atoms with E-state index in [0.29, 0.717) is 11.0 Å². The molecule has 3 nitrogen and oxygen atoms in total. The number of aromatic nitrogens is 2. The zero-order valence-electron chi connectivity index (χ0n) is 6.04. The van der Waals surface area contributed by atoms with Crippen LogP contribution in [0.15, 0.2) is 33.8 Å². The highest BCUT2D eigenvalue weighted by Gasteiger charge is 1.97. The van der Waals surface area contributed by atoms with Gasteiger partial charge in [-0.15, -0.1) is 0 Å². The van der Waals surface area contributed by atoms with E-state index < -0.39 is 0 Å². The third kappa shape index (κ3) is 1.14. The van der Waals surface area contributed by atoms with Gasteiger partial charge in [0.05, 0.1) is 5.39 Å². The van der Waals surface area contributed by atoms with Crippen LogP contribution in [-0.2, 0) is 0 Å². The predicted octanol–water partition coefficient (Wildman–Crippen LogP) is 1.69. The summed E-state index contributed by atoms with van der Waals surface area (Å²) < 4.78 is 0.719. The third-order valence-corrected chi connectivity index (χ3v) is 2.02. The van der Waals surface area contributed by atoms with Gasteiger partial charge in [0, 0.05) is 12.3 Å². The summed E-state index contributed by atoms with van der Waals surface area (Å²) in [6.07, 6.45) is 1.59. The Balaban J connectivity index is 2.96. The molecule has 0 radical (unpaired) electrons. The van der Waals surface area contributed by atoms with E-state index in [1.165, 1.54) is 6.07 Å². The molecule has 0 aromatic carbocycles. The molecule has 0 amide bonds. The van der Waals surface area contributed by atoms with Crippen molar-refractivity contribution in [1.29, 1.82) is 0 Å². The van der Waals surface area contributed by atoms with E-state index in [1.807, 2.05) is 0 Å². The second kappa shape index (κ2) is 2.71. The summed E-state index contributed by atoms with van der Waals surface area (Å²) >= 11 is 3.22. The fourth-order valence-electron chi connectivity index (χ4n) is 1.03. The Morgan fingerprint density at radius 2 is 2.17 bits per heavy atom. The molecule has 0 fully saturated rings. The number of halogens is 1. The molecule has 4 heteroatoms. The van der Waals surface area contributed by atoms with Crippen molar-refractivity contribution in [2.24, 2.45) is 0 Å². The summed E-state index contributed by atoms with van der Waals surface area (Å²) in [5.41, 5.74) is 0.598. The number of pyridine rings is 2. The minimum absolute atomic E-state index is 0.0104. The molecule has 60 valence electrons. The molecule has 0 unspecified atom stereocenters. The fourth-order valence-corrected chi connectivity index (χ4v) is 1.34. The molecule has 1 N–H and O–H groups in total. The largest absolute Gasteiger partial charge is 0.346 e. The van der Waals surface area contributed by atoms with Gasteiger partial charge in [0.2, 0.25) is 0 Å². The van der Waals surface area contributed by atoms with E-state index in [1.54, 1.807) is 18.3 Å². The molecule has 0 aliphatic carbocycles. The molecule has 0 aliphatic rings. The van der Waals surface area contributed by atoms with E-state index in [2.05, 4.69) is 25.9 Å². The SMILES string of the molecule is O=c1cc[nH]c2nc(Br)ccc12. The molecule has 2 aromatic heterocycles. The van der Waals surface area contributed by atoms with Crippen molar-refractivity contribution >= 4 is 27.0 Å². The van der Waals surface area contributed by atoms with Gasteiger partial charge in [-0.25, -0.2) is 4.98 Å². The second-order valence-electron chi connectivity index (χ2n) is 2.37. The highest BCUT2D eigenvalue weighted by molar-refractivity contribution is 9.10. The zero-order chi connectivity index (χ0) is 8.55. The van der Waals surface area contributed by atoms with E-state index in [9.17, 15) is 4.79 Å². The topological polar surface area (TPSA) is 45.8 Å². The highest BCUT2D eigenvalue weighted by Crippen LogP contribution is 2.09. The first-order valence-electron chi connectivity index (χ1n) is 3.41. The standard InChI is InChI=1S/C8H5BrN2O/c9-7-2-1-5-6(12)3-4-10-8(5)11-7/h1-4H,(H,10,11,12). The molecule has 0 atom stereocenters. The van der Waals surface area contributed by atoms with Crippen molar-refractivity contribution in [3.05, 3.63) is 39.2 Å². The summed E-state index contributed by atoms with van der Waals surface area (Å²) in [6.45, 7) is 0. The van der Waals surface area contributed by atoms with Gasteiger partial charge in [0.1, 0.15) is 10.3 Å². The van der Waals surface area contributed by atoms with Crippen LogP contribution in [0.2, 0.25) is 0 Å². The Hall–Kier alpha value is -1.16. The average molecular weight is 225 g/mol. The minimum Gasteiger partial charge on any atom is -0.346 e. The van der Waals surface area contributed by atoms with Gasteiger partial charge in [-0.3, -0.25) is 4.79 Å². The lowest BCUT2D eigenvalue weighted by atomic mass is 10.3. The Labute approximate surface area is 76.6 Å². The molecule has 2 heterocycles. The lowest BCUT2D eigenvalue weighted by Gasteiger charge is -1.94. The summed E-state index contributed by atoms with van der Waals surface area (Å²) in [5.74, 6) is 0. The number of H-pyrrole nitrogens is 1. The minimum atomic E-state index is -0.0104. The molecule has 12 heavy (non-hydrogen) atoms. The normalized spacial score (nSPS) is 10.4. The number of aromatic amines is 1. The van der Waals surface area contributed by atoms with Crippen molar-refractivity contribution < 1.29 is 0 Å². The molecule has 0 saturated heterocycles. The molecule has 0 spiro atoms. The van der Waals surface area contributed by atoms with Crippen LogP contribution in [0.25, 0.3) is 11.0 Å². The lowest BCUT2D eigenvalue weighted by molar-refractivity contribution is 1.25. The first kappa shape index (κ1) is 7.49. The van der Waals surface area contributed by atoms with Gasteiger partial charge < -0.3 is 4.98 Å². The Kier molecular flexibility index (Phi) is 1.69. The van der Waals surface area contributed by atoms with Gasteiger partial charge >= 0.3 is 0 Å². The molecule has 0 bridgehead atoms. The van der Waals surface area contributed by atoms with Gasteiger partial charge in [-0.2, -0.15) is 0 Å². The average Bonchev–Trinajstić information content (AvgIpc) is 2.04. The molecular weight excluding hydrogens is 220 g/mol. The summed E-state index contributed by atoms with van der Waals surface area (Å²) in [5, 5.41) is 0.612. The summed E-state index contributed by atoms with van der Waals surface area (Å²) in [4.78, 5) is 18.2. The van der Waals surface area contributed by atoms with E-state index >= 15 is 0 Å². The van der Waals surface area contributed by atoms with Gasteiger partial charge in [-0.1, -0.05) is 0 Å². The van der Waals surface area contributed by atoms with E-state index in [4.69, 9.17) is 0 Å². The van der Waals surface area contributed by atoms with Crippen LogP contribution in [-0.4, -0.2) is 9.97 Å². The number of nitrogens with zero attached hydrogens (tertiary/aromatic N) is 1. The molecule has 0 saturated carbocycles. The lowest BCUT2D eigenvalue weighted by Crippen LogP contribution is -2.00. The maximum Gasteiger partial charge on any atom is 0.191 e. The van der Waals surface area contributed by atoms with Crippen LogP contribution in [0, 0.1) is 0 Å². The fraction of sp³-hybridized carbons (Fsp3) is 0. The van der Waals surface area contributed by atoms with Crippen LogP contribution in [0.1, 0.15) is 0 Å². The van der Waals surface area contributed by atoms with Crippen molar-refractivity contribution in [3.8, 4) is 0 Å². The molecule has 0 aliphatic heterocycles. The maximum absolute atomic E-state index is 11.2. The van der Waals surface area contributed by atoms with E-state index in [-0.39, 0.29) is 5.43 Å². The highest BCUT2D eigenvalue weighted by atomic mass is 79.9. The van der Waals surface area contributed by atoms with Crippen LogP contribution in [0.3, 0.4) is 0 Å². The third-order valence-electron chi connectivity index (χ3n) is 1.58. The van der Waals surface area contributed by atoms with Crippen molar-refractivity contribution in [2.45, 2.75) is 0 Å². The number of rotatable bonds is 0.